The van der Waals surface area contributed by atoms with Crippen LogP contribution in [-0.2, 0) is 0 Å². The third kappa shape index (κ3) is 3.21. The van der Waals surface area contributed by atoms with Gasteiger partial charge in [0.15, 0.2) is 5.65 Å². The van der Waals surface area contributed by atoms with Crippen molar-refractivity contribution in [3.63, 3.8) is 0 Å². The fraction of sp³-hybridized carbons (Fsp3) is 0.167. The van der Waals surface area contributed by atoms with E-state index < -0.39 is 6.23 Å². The standard InChI is InChI=1S/C18H16FN5OS/c1-24(12-5-3-2-4-6-12)15(25)10-26-18-21-17-16(22-23-18)13-9-11(19)7-8-14(13)20-17/h2-9,15,25H,10H2,1H3,(H,20,21,23). The highest BCUT2D eigenvalue weighted by Crippen LogP contribution is 2.25. The Kier molecular flexibility index (Phi) is 4.44. The third-order valence-corrected chi connectivity index (χ3v) is 5.03. The van der Waals surface area contributed by atoms with Gasteiger partial charge < -0.3 is 15.0 Å². The summed E-state index contributed by atoms with van der Waals surface area (Å²) in [6.07, 6.45) is -0.696. The van der Waals surface area contributed by atoms with Crippen LogP contribution in [0.4, 0.5) is 10.1 Å². The molecule has 1 unspecified atom stereocenters. The summed E-state index contributed by atoms with van der Waals surface area (Å²) in [6, 6.07) is 14.1. The van der Waals surface area contributed by atoms with E-state index in [9.17, 15) is 9.50 Å². The van der Waals surface area contributed by atoms with Crippen molar-refractivity contribution in [3.05, 3.63) is 54.3 Å². The average molecular weight is 369 g/mol. The van der Waals surface area contributed by atoms with E-state index in [-0.39, 0.29) is 5.82 Å². The number of para-hydroxylation sites is 1. The second-order valence-electron chi connectivity index (χ2n) is 5.84. The minimum Gasteiger partial charge on any atom is -0.373 e. The van der Waals surface area contributed by atoms with Crippen LogP contribution in [0.2, 0.25) is 0 Å². The lowest BCUT2D eigenvalue weighted by Gasteiger charge is -2.25. The van der Waals surface area contributed by atoms with Crippen LogP contribution in [0.1, 0.15) is 0 Å². The number of nitrogens with one attached hydrogen (secondary N) is 1. The Labute approximate surface area is 153 Å². The lowest BCUT2D eigenvalue weighted by atomic mass is 10.2. The number of hydrogen-bond donors (Lipinski definition) is 2. The first kappa shape index (κ1) is 16.7. The monoisotopic (exact) mass is 369 g/mol. The lowest BCUT2D eigenvalue weighted by molar-refractivity contribution is 0.200. The molecule has 6 nitrogen and oxygen atoms in total. The van der Waals surface area contributed by atoms with Crippen molar-refractivity contribution in [3.8, 4) is 0 Å². The third-order valence-electron chi connectivity index (χ3n) is 4.13. The fourth-order valence-corrected chi connectivity index (χ4v) is 3.46. The molecule has 2 heterocycles. The normalized spacial score (nSPS) is 12.6. The predicted octanol–water partition coefficient (Wildman–Crippen LogP) is 3.19. The van der Waals surface area contributed by atoms with Crippen LogP contribution in [0.15, 0.2) is 53.7 Å². The van der Waals surface area contributed by atoms with Crippen molar-refractivity contribution in [1.29, 1.82) is 0 Å². The van der Waals surface area contributed by atoms with Gasteiger partial charge in [-0.3, -0.25) is 0 Å². The number of aromatic amines is 1. The van der Waals surface area contributed by atoms with Gasteiger partial charge in [0.05, 0.1) is 0 Å². The number of fused-ring (bicyclic) bond motifs is 3. The number of benzene rings is 2. The number of nitrogens with zero attached hydrogens (tertiary/aromatic N) is 4. The molecule has 132 valence electrons. The number of halogens is 1. The molecular weight excluding hydrogens is 353 g/mol. The van der Waals surface area contributed by atoms with E-state index in [0.717, 1.165) is 11.2 Å². The molecule has 2 aromatic heterocycles. The van der Waals surface area contributed by atoms with Gasteiger partial charge in [-0.15, -0.1) is 10.2 Å². The van der Waals surface area contributed by atoms with Crippen LogP contribution in [0.5, 0.6) is 0 Å². The number of aliphatic hydroxyl groups excluding tert-OH is 1. The largest absolute Gasteiger partial charge is 0.373 e. The summed E-state index contributed by atoms with van der Waals surface area (Å²) in [5.74, 6) is 0.0543. The molecule has 0 amide bonds. The van der Waals surface area contributed by atoms with Gasteiger partial charge in [0.25, 0.3) is 0 Å². The maximum absolute atomic E-state index is 13.4. The summed E-state index contributed by atoms with van der Waals surface area (Å²) in [5, 5.41) is 19.7. The molecule has 0 aliphatic carbocycles. The molecule has 1 atom stereocenters. The molecule has 0 spiro atoms. The van der Waals surface area contributed by atoms with E-state index >= 15 is 0 Å². The van der Waals surface area contributed by atoms with Crippen LogP contribution < -0.4 is 4.90 Å². The van der Waals surface area contributed by atoms with E-state index in [2.05, 4.69) is 20.2 Å². The van der Waals surface area contributed by atoms with Crippen molar-refractivity contribution in [1.82, 2.24) is 20.2 Å². The zero-order valence-electron chi connectivity index (χ0n) is 13.9. The molecule has 0 saturated carbocycles. The summed E-state index contributed by atoms with van der Waals surface area (Å²) < 4.78 is 13.4. The highest BCUT2D eigenvalue weighted by Gasteiger charge is 2.15. The summed E-state index contributed by atoms with van der Waals surface area (Å²) >= 11 is 1.31. The molecule has 0 radical (unpaired) electrons. The molecule has 2 aromatic carbocycles. The molecule has 4 aromatic rings. The number of rotatable bonds is 5. The summed E-state index contributed by atoms with van der Waals surface area (Å²) in [7, 11) is 1.83. The van der Waals surface area contributed by atoms with E-state index in [0.29, 0.717) is 27.5 Å². The van der Waals surface area contributed by atoms with Gasteiger partial charge in [-0.2, -0.15) is 0 Å². The maximum atomic E-state index is 13.4. The fourth-order valence-electron chi connectivity index (χ4n) is 2.69. The lowest BCUT2D eigenvalue weighted by Crippen LogP contribution is -2.33. The van der Waals surface area contributed by atoms with Crippen molar-refractivity contribution in [2.75, 3.05) is 17.7 Å². The van der Waals surface area contributed by atoms with Crippen LogP contribution in [0.3, 0.4) is 0 Å². The highest BCUT2D eigenvalue weighted by molar-refractivity contribution is 7.99. The Morgan fingerprint density at radius 3 is 2.81 bits per heavy atom. The number of hydrogen-bond acceptors (Lipinski definition) is 6. The summed E-state index contributed by atoms with van der Waals surface area (Å²) in [5.41, 5.74) is 2.77. The number of aliphatic hydroxyl groups is 1. The van der Waals surface area contributed by atoms with Gasteiger partial charge in [0.1, 0.15) is 17.6 Å². The average Bonchev–Trinajstić information content (AvgIpc) is 3.03. The van der Waals surface area contributed by atoms with Crippen molar-refractivity contribution in [2.45, 2.75) is 11.4 Å². The molecule has 0 aliphatic heterocycles. The predicted molar refractivity (Wildman–Crippen MR) is 101 cm³/mol. The zero-order chi connectivity index (χ0) is 18.1. The molecule has 2 N–H and O–H groups in total. The van der Waals surface area contributed by atoms with Gasteiger partial charge in [-0.1, -0.05) is 30.0 Å². The first-order chi connectivity index (χ1) is 12.6. The van der Waals surface area contributed by atoms with Crippen molar-refractivity contribution < 1.29 is 9.50 Å². The first-order valence-corrected chi connectivity index (χ1v) is 9.01. The molecule has 4 rings (SSSR count). The Balaban J connectivity index is 1.51. The maximum Gasteiger partial charge on any atom is 0.211 e. The van der Waals surface area contributed by atoms with Crippen LogP contribution in [-0.4, -0.2) is 44.3 Å². The SMILES string of the molecule is CN(c1ccccc1)C(O)CSc1nnc2c(n1)[nH]c1ccc(F)cc12. The highest BCUT2D eigenvalue weighted by atomic mass is 32.2. The minimum absolute atomic E-state index is 0.328. The van der Waals surface area contributed by atoms with Gasteiger partial charge in [0.2, 0.25) is 5.16 Å². The van der Waals surface area contributed by atoms with Crippen molar-refractivity contribution >= 4 is 39.5 Å². The molecule has 0 fully saturated rings. The Morgan fingerprint density at radius 1 is 1.19 bits per heavy atom. The topological polar surface area (TPSA) is 77.9 Å². The molecule has 26 heavy (non-hydrogen) atoms. The molecule has 0 bridgehead atoms. The van der Waals surface area contributed by atoms with Crippen LogP contribution >= 0.6 is 11.8 Å². The van der Waals surface area contributed by atoms with Crippen LogP contribution in [0, 0.1) is 5.82 Å². The number of H-pyrrole nitrogens is 1. The van der Waals surface area contributed by atoms with Gasteiger partial charge in [-0.25, -0.2) is 9.37 Å². The zero-order valence-corrected chi connectivity index (χ0v) is 14.7. The van der Waals surface area contributed by atoms with Crippen molar-refractivity contribution in [2.24, 2.45) is 0 Å². The van der Waals surface area contributed by atoms with E-state index in [1.165, 1.54) is 23.9 Å². The molecule has 0 saturated heterocycles. The van der Waals surface area contributed by atoms with Gasteiger partial charge >= 0.3 is 0 Å². The Bertz CT molecular complexity index is 1060. The first-order valence-electron chi connectivity index (χ1n) is 8.02. The number of thioether (sulfide) groups is 1. The quantitative estimate of drug-likeness (QED) is 0.416. The molecule has 0 aliphatic rings. The van der Waals surface area contributed by atoms with E-state index in [1.54, 1.807) is 11.0 Å². The molecule has 8 heteroatoms. The van der Waals surface area contributed by atoms with E-state index in [4.69, 9.17) is 0 Å². The van der Waals surface area contributed by atoms with Crippen LogP contribution in [0.25, 0.3) is 22.1 Å². The second-order valence-corrected chi connectivity index (χ2v) is 6.83. The minimum atomic E-state index is -0.696. The molecular formula is C18H16FN5OS. The summed E-state index contributed by atoms with van der Waals surface area (Å²) in [6.45, 7) is 0. The van der Waals surface area contributed by atoms with E-state index in [1.807, 2.05) is 37.4 Å². The number of anilines is 1. The second kappa shape index (κ2) is 6.89. The summed E-state index contributed by atoms with van der Waals surface area (Å²) in [4.78, 5) is 9.33. The van der Waals surface area contributed by atoms with Gasteiger partial charge in [0, 0.05) is 29.4 Å². The number of aromatic nitrogens is 4. The smallest absolute Gasteiger partial charge is 0.211 e. The Morgan fingerprint density at radius 2 is 2.00 bits per heavy atom. The van der Waals surface area contributed by atoms with Gasteiger partial charge in [-0.05, 0) is 30.3 Å². The Hall–Kier alpha value is -2.71.